The number of ether oxygens (including phenoxy) is 3. The van der Waals surface area contributed by atoms with E-state index in [1.165, 1.54) is 24.3 Å². The minimum atomic E-state index is -3.75. The molecule has 0 bridgehead atoms. The first-order chi connectivity index (χ1) is 13.3. The largest absolute Gasteiger partial charge is 0.586 e. The van der Waals surface area contributed by atoms with E-state index in [1.807, 2.05) is 6.07 Å². The number of nitrogens with zero attached hydrogens (tertiary/aromatic N) is 1. The molecular formula is C19H12F2N2O5. The predicted octanol–water partition coefficient (Wildman–Crippen LogP) is 3.07. The number of rotatable bonds is 5. The maximum atomic E-state index is 13.0. The van der Waals surface area contributed by atoms with Crippen LogP contribution in [0.3, 0.4) is 0 Å². The third-order valence-corrected chi connectivity index (χ3v) is 3.48. The highest BCUT2D eigenvalue weighted by Crippen LogP contribution is 2.42. The van der Waals surface area contributed by atoms with E-state index in [2.05, 4.69) is 14.8 Å². The van der Waals surface area contributed by atoms with Gasteiger partial charge in [-0.05, 0) is 35.9 Å². The van der Waals surface area contributed by atoms with Crippen molar-refractivity contribution in [3.8, 4) is 17.6 Å². The fourth-order valence-electron chi connectivity index (χ4n) is 2.24. The summed E-state index contributed by atoms with van der Waals surface area (Å²) in [5.74, 6) is -1.77. The van der Waals surface area contributed by atoms with Crippen molar-refractivity contribution in [1.29, 1.82) is 5.26 Å². The maximum Gasteiger partial charge on any atom is 0.586 e. The molecule has 0 spiro atoms. The second kappa shape index (κ2) is 7.75. The number of hydrogen-bond acceptors (Lipinski definition) is 6. The van der Waals surface area contributed by atoms with Gasteiger partial charge in [0, 0.05) is 17.8 Å². The van der Waals surface area contributed by atoms with Gasteiger partial charge in [0.2, 0.25) is 0 Å². The Labute approximate surface area is 157 Å². The number of nitriles is 1. The molecule has 7 nitrogen and oxygen atoms in total. The van der Waals surface area contributed by atoms with Crippen molar-refractivity contribution < 1.29 is 32.6 Å². The van der Waals surface area contributed by atoms with Crippen LogP contribution in [-0.2, 0) is 14.3 Å². The highest BCUT2D eigenvalue weighted by Gasteiger charge is 2.43. The second-order valence-electron chi connectivity index (χ2n) is 5.55. The zero-order valence-corrected chi connectivity index (χ0v) is 14.1. The molecule has 1 N–H and O–H groups in total. The highest BCUT2D eigenvalue weighted by atomic mass is 19.3. The summed E-state index contributed by atoms with van der Waals surface area (Å²) in [6, 6.07) is 12.2. The van der Waals surface area contributed by atoms with E-state index in [-0.39, 0.29) is 17.2 Å². The Morgan fingerprint density at radius 3 is 2.57 bits per heavy atom. The van der Waals surface area contributed by atoms with Crippen LogP contribution in [0.5, 0.6) is 11.5 Å². The van der Waals surface area contributed by atoms with Crippen molar-refractivity contribution in [3.63, 3.8) is 0 Å². The number of halogens is 2. The van der Waals surface area contributed by atoms with Gasteiger partial charge in [-0.3, -0.25) is 4.79 Å². The molecule has 9 heteroatoms. The topological polar surface area (TPSA) is 97.7 Å². The van der Waals surface area contributed by atoms with Gasteiger partial charge in [-0.2, -0.15) is 5.26 Å². The Morgan fingerprint density at radius 2 is 1.86 bits per heavy atom. The monoisotopic (exact) mass is 386 g/mol. The SMILES string of the molecule is N#Cc1ccc(/C=C/C(=O)OCC(=O)Nc2ccc3c(c2)OC(F)(F)O3)cc1. The van der Waals surface area contributed by atoms with Crippen molar-refractivity contribution >= 4 is 23.6 Å². The molecular weight excluding hydrogens is 374 g/mol. The fraction of sp³-hybridized carbons (Fsp3) is 0.105. The van der Waals surface area contributed by atoms with Crippen LogP contribution in [0.4, 0.5) is 14.5 Å². The number of anilines is 1. The zero-order chi connectivity index (χ0) is 20.1. The summed E-state index contributed by atoms with van der Waals surface area (Å²) in [7, 11) is 0. The summed E-state index contributed by atoms with van der Waals surface area (Å²) < 4.78 is 39.3. The summed E-state index contributed by atoms with van der Waals surface area (Å²) in [6.45, 7) is -0.568. The number of alkyl halides is 2. The summed E-state index contributed by atoms with van der Waals surface area (Å²) in [5, 5.41) is 11.1. The van der Waals surface area contributed by atoms with Crippen molar-refractivity contribution in [3.05, 3.63) is 59.7 Å². The van der Waals surface area contributed by atoms with Gasteiger partial charge in [-0.15, -0.1) is 8.78 Å². The third kappa shape index (κ3) is 4.82. The van der Waals surface area contributed by atoms with Gasteiger partial charge < -0.3 is 19.5 Å². The lowest BCUT2D eigenvalue weighted by atomic mass is 10.1. The fourth-order valence-corrected chi connectivity index (χ4v) is 2.24. The summed E-state index contributed by atoms with van der Waals surface area (Å²) >= 11 is 0. The van der Waals surface area contributed by atoms with Crippen LogP contribution in [-0.4, -0.2) is 24.8 Å². The first-order valence-corrected chi connectivity index (χ1v) is 7.89. The molecule has 0 atom stereocenters. The molecule has 2 aromatic carbocycles. The quantitative estimate of drug-likeness (QED) is 0.627. The number of amides is 1. The van der Waals surface area contributed by atoms with Crippen LogP contribution in [0, 0.1) is 11.3 Å². The van der Waals surface area contributed by atoms with Crippen molar-refractivity contribution in [2.24, 2.45) is 0 Å². The molecule has 1 aliphatic heterocycles. The van der Waals surface area contributed by atoms with Gasteiger partial charge in [-0.1, -0.05) is 12.1 Å². The summed E-state index contributed by atoms with van der Waals surface area (Å²) in [4.78, 5) is 23.5. The van der Waals surface area contributed by atoms with Crippen LogP contribution in [0.15, 0.2) is 48.5 Å². The van der Waals surface area contributed by atoms with Crippen LogP contribution < -0.4 is 14.8 Å². The van der Waals surface area contributed by atoms with E-state index < -0.39 is 24.8 Å². The zero-order valence-electron chi connectivity index (χ0n) is 14.1. The van der Waals surface area contributed by atoms with Gasteiger partial charge in [0.05, 0.1) is 11.6 Å². The number of hydrogen-bond donors (Lipinski definition) is 1. The number of nitrogens with one attached hydrogen (secondary N) is 1. The lowest BCUT2D eigenvalue weighted by Crippen LogP contribution is -2.25. The second-order valence-corrected chi connectivity index (χ2v) is 5.55. The number of carbonyl (C=O) groups excluding carboxylic acids is 2. The number of fused-ring (bicyclic) bond motifs is 1. The molecule has 142 valence electrons. The first kappa shape index (κ1) is 18.8. The molecule has 0 fully saturated rings. The maximum absolute atomic E-state index is 13.0. The molecule has 0 saturated carbocycles. The number of carbonyl (C=O) groups is 2. The molecule has 0 aliphatic carbocycles. The average Bonchev–Trinajstić information content (AvgIpc) is 2.98. The molecule has 0 aromatic heterocycles. The van der Waals surface area contributed by atoms with Crippen LogP contribution in [0.1, 0.15) is 11.1 Å². The Hall–Kier alpha value is -3.93. The molecule has 2 aromatic rings. The van der Waals surface area contributed by atoms with Crippen LogP contribution in [0.25, 0.3) is 6.08 Å². The lowest BCUT2D eigenvalue weighted by molar-refractivity contribution is -0.286. The van der Waals surface area contributed by atoms with Gasteiger partial charge >= 0.3 is 12.3 Å². The third-order valence-electron chi connectivity index (χ3n) is 3.48. The van der Waals surface area contributed by atoms with Crippen molar-refractivity contribution in [1.82, 2.24) is 0 Å². The smallest absolute Gasteiger partial charge is 0.452 e. The van der Waals surface area contributed by atoms with Crippen LogP contribution >= 0.6 is 0 Å². The standard InChI is InChI=1S/C19H12F2N2O5/c20-19(21)27-15-7-6-14(9-16(15)28-19)23-17(24)11-26-18(25)8-5-12-1-3-13(10-22)4-2-12/h1-9H,11H2,(H,23,24)/b8-5+. The molecule has 0 unspecified atom stereocenters. The van der Waals surface area contributed by atoms with E-state index in [1.54, 1.807) is 24.3 Å². The van der Waals surface area contributed by atoms with E-state index in [0.717, 1.165) is 6.08 Å². The van der Waals surface area contributed by atoms with E-state index >= 15 is 0 Å². The molecule has 28 heavy (non-hydrogen) atoms. The minimum Gasteiger partial charge on any atom is -0.452 e. The summed E-state index contributed by atoms with van der Waals surface area (Å²) in [6.07, 6.45) is -1.14. The van der Waals surface area contributed by atoms with Crippen LogP contribution in [0.2, 0.25) is 0 Å². The van der Waals surface area contributed by atoms with E-state index in [4.69, 9.17) is 10.00 Å². The lowest BCUT2D eigenvalue weighted by Gasteiger charge is -2.06. The Bertz CT molecular complexity index is 981. The Balaban J connectivity index is 1.48. The molecule has 1 heterocycles. The molecule has 0 saturated heterocycles. The minimum absolute atomic E-state index is 0.151. The molecule has 0 radical (unpaired) electrons. The molecule has 3 rings (SSSR count). The van der Waals surface area contributed by atoms with E-state index in [9.17, 15) is 18.4 Å². The summed E-state index contributed by atoms with van der Waals surface area (Å²) in [5.41, 5.74) is 1.34. The van der Waals surface area contributed by atoms with Gasteiger partial charge in [0.15, 0.2) is 18.1 Å². The van der Waals surface area contributed by atoms with E-state index in [0.29, 0.717) is 11.1 Å². The molecule has 1 aliphatic rings. The van der Waals surface area contributed by atoms with Crippen molar-refractivity contribution in [2.75, 3.05) is 11.9 Å². The van der Waals surface area contributed by atoms with Gasteiger partial charge in [0.1, 0.15) is 0 Å². The van der Waals surface area contributed by atoms with Gasteiger partial charge in [0.25, 0.3) is 5.91 Å². The predicted molar refractivity (Wildman–Crippen MR) is 92.4 cm³/mol. The Morgan fingerprint density at radius 1 is 1.14 bits per heavy atom. The average molecular weight is 386 g/mol. The van der Waals surface area contributed by atoms with Gasteiger partial charge in [-0.25, -0.2) is 4.79 Å². The highest BCUT2D eigenvalue weighted by molar-refractivity contribution is 5.94. The Kier molecular flexibility index (Phi) is 5.22. The molecule has 1 amide bonds. The first-order valence-electron chi connectivity index (χ1n) is 7.89. The number of benzene rings is 2. The van der Waals surface area contributed by atoms with Crippen molar-refractivity contribution in [2.45, 2.75) is 6.29 Å². The normalized spacial score (nSPS) is 13.8. The number of esters is 1.